The lowest BCUT2D eigenvalue weighted by atomic mass is 10.2. The molecule has 6 heteroatoms. The van der Waals surface area contributed by atoms with Crippen LogP contribution in [0, 0.1) is 0 Å². The van der Waals surface area contributed by atoms with E-state index in [1.54, 1.807) is 12.1 Å². The Morgan fingerprint density at radius 3 is 2.65 bits per heavy atom. The lowest BCUT2D eigenvalue weighted by molar-refractivity contribution is 0.102. The van der Waals surface area contributed by atoms with Gasteiger partial charge in [-0.25, -0.2) is 0 Å². The Morgan fingerprint density at radius 2 is 1.88 bits per heavy atom. The molecule has 2 aromatic carbocycles. The summed E-state index contributed by atoms with van der Waals surface area (Å²) in [5, 5.41) is 10.2. The number of carbonyl (C=O) groups is 1. The summed E-state index contributed by atoms with van der Waals surface area (Å²) in [5.41, 5.74) is 2.19. The number of rotatable bonds is 7. The molecule has 0 aliphatic rings. The molecule has 2 N–H and O–H groups in total. The Morgan fingerprint density at radius 1 is 1.12 bits per heavy atom. The van der Waals surface area contributed by atoms with Crippen LogP contribution in [-0.4, -0.2) is 16.0 Å². The largest absolute Gasteiger partial charge is 0.374 e. The standard InChI is InChI=1S/C20H22N4O2/c1-3-8-18-23-20(26-24-18)14(2)21-16-11-7-12-17(13-16)22-19(25)15-9-5-4-6-10-15/h4-7,9-14,21H,3,8H2,1-2H3,(H,22,25)/t14-/m0/s1. The van der Waals surface area contributed by atoms with Gasteiger partial charge in [-0.2, -0.15) is 4.98 Å². The Balaban J connectivity index is 1.65. The first-order valence-electron chi connectivity index (χ1n) is 8.71. The molecule has 6 nitrogen and oxygen atoms in total. The zero-order chi connectivity index (χ0) is 18.4. The van der Waals surface area contributed by atoms with Gasteiger partial charge in [0, 0.05) is 23.4 Å². The van der Waals surface area contributed by atoms with Crippen LogP contribution in [-0.2, 0) is 6.42 Å². The summed E-state index contributed by atoms with van der Waals surface area (Å²) in [5.74, 6) is 1.13. The molecular weight excluding hydrogens is 328 g/mol. The van der Waals surface area contributed by atoms with Crippen LogP contribution >= 0.6 is 0 Å². The molecule has 0 saturated carbocycles. The van der Waals surface area contributed by atoms with E-state index in [0.717, 1.165) is 24.4 Å². The number of carbonyl (C=O) groups excluding carboxylic acids is 1. The maximum atomic E-state index is 12.3. The van der Waals surface area contributed by atoms with Crippen molar-refractivity contribution in [3.05, 3.63) is 71.9 Å². The molecule has 1 atom stereocenters. The molecule has 0 unspecified atom stereocenters. The highest BCUT2D eigenvalue weighted by molar-refractivity contribution is 6.04. The average Bonchev–Trinajstić information content (AvgIpc) is 3.12. The summed E-state index contributed by atoms with van der Waals surface area (Å²) >= 11 is 0. The topological polar surface area (TPSA) is 80.0 Å². The molecule has 0 radical (unpaired) electrons. The molecule has 3 rings (SSSR count). The lowest BCUT2D eigenvalue weighted by Crippen LogP contribution is -2.12. The monoisotopic (exact) mass is 350 g/mol. The van der Waals surface area contributed by atoms with Gasteiger partial charge in [0.1, 0.15) is 6.04 Å². The third kappa shape index (κ3) is 4.47. The molecule has 0 fully saturated rings. The quantitative estimate of drug-likeness (QED) is 0.658. The predicted molar refractivity (Wildman–Crippen MR) is 101 cm³/mol. The molecule has 3 aromatic rings. The van der Waals surface area contributed by atoms with E-state index in [1.165, 1.54) is 0 Å². The number of benzene rings is 2. The molecule has 1 aromatic heterocycles. The summed E-state index contributed by atoms with van der Waals surface area (Å²) in [6, 6.07) is 16.5. The van der Waals surface area contributed by atoms with Crippen molar-refractivity contribution >= 4 is 17.3 Å². The van der Waals surface area contributed by atoms with Gasteiger partial charge in [0.2, 0.25) is 5.89 Å². The Hall–Kier alpha value is -3.15. The molecule has 0 bridgehead atoms. The minimum atomic E-state index is -0.142. The van der Waals surface area contributed by atoms with Gasteiger partial charge in [-0.05, 0) is 43.7 Å². The Kier molecular flexibility index (Phi) is 5.63. The molecule has 1 heterocycles. The summed E-state index contributed by atoms with van der Waals surface area (Å²) in [6.07, 6.45) is 1.78. The SMILES string of the molecule is CCCc1noc([C@H](C)Nc2cccc(NC(=O)c3ccccc3)c2)n1. The van der Waals surface area contributed by atoms with Crippen LogP contribution in [0.3, 0.4) is 0 Å². The fourth-order valence-corrected chi connectivity index (χ4v) is 2.56. The molecule has 0 saturated heterocycles. The highest BCUT2D eigenvalue weighted by atomic mass is 16.5. The third-order valence-corrected chi connectivity index (χ3v) is 3.87. The first-order valence-corrected chi connectivity index (χ1v) is 8.71. The normalized spacial score (nSPS) is 11.8. The highest BCUT2D eigenvalue weighted by Crippen LogP contribution is 2.21. The number of aromatic nitrogens is 2. The van der Waals surface area contributed by atoms with Gasteiger partial charge >= 0.3 is 0 Å². The molecule has 1 amide bonds. The second-order valence-electron chi connectivity index (χ2n) is 6.07. The van der Waals surface area contributed by atoms with E-state index >= 15 is 0 Å². The van der Waals surface area contributed by atoms with Crippen molar-refractivity contribution in [1.82, 2.24) is 10.1 Å². The fraction of sp³-hybridized carbons (Fsp3) is 0.250. The van der Waals surface area contributed by atoms with E-state index in [9.17, 15) is 4.79 Å². The number of aryl methyl sites for hydroxylation is 1. The van der Waals surface area contributed by atoms with Crippen molar-refractivity contribution in [2.75, 3.05) is 10.6 Å². The predicted octanol–water partition coefficient (Wildman–Crippen LogP) is 4.45. The number of hydrogen-bond donors (Lipinski definition) is 2. The lowest BCUT2D eigenvalue weighted by Gasteiger charge is -2.13. The number of nitrogens with one attached hydrogen (secondary N) is 2. The van der Waals surface area contributed by atoms with E-state index in [2.05, 4.69) is 27.7 Å². The molecule has 0 aliphatic heterocycles. The van der Waals surface area contributed by atoms with Gasteiger partial charge in [-0.3, -0.25) is 4.79 Å². The van der Waals surface area contributed by atoms with E-state index in [-0.39, 0.29) is 11.9 Å². The number of anilines is 2. The van der Waals surface area contributed by atoms with Gasteiger partial charge in [-0.15, -0.1) is 0 Å². The zero-order valence-corrected chi connectivity index (χ0v) is 14.9. The van der Waals surface area contributed by atoms with Crippen molar-refractivity contribution < 1.29 is 9.32 Å². The molecule has 26 heavy (non-hydrogen) atoms. The van der Waals surface area contributed by atoms with E-state index in [0.29, 0.717) is 17.1 Å². The maximum Gasteiger partial charge on any atom is 0.255 e. The zero-order valence-electron chi connectivity index (χ0n) is 14.9. The van der Waals surface area contributed by atoms with E-state index in [1.807, 2.05) is 49.4 Å². The highest BCUT2D eigenvalue weighted by Gasteiger charge is 2.14. The van der Waals surface area contributed by atoms with Gasteiger partial charge in [0.25, 0.3) is 5.91 Å². The van der Waals surface area contributed by atoms with Crippen molar-refractivity contribution in [2.24, 2.45) is 0 Å². The summed E-state index contributed by atoms with van der Waals surface area (Å²) in [4.78, 5) is 16.7. The first-order chi connectivity index (χ1) is 12.7. The van der Waals surface area contributed by atoms with E-state index < -0.39 is 0 Å². The van der Waals surface area contributed by atoms with Crippen LogP contribution < -0.4 is 10.6 Å². The van der Waals surface area contributed by atoms with Crippen LogP contribution in [0.5, 0.6) is 0 Å². The van der Waals surface area contributed by atoms with Crippen LogP contribution in [0.1, 0.15) is 48.4 Å². The van der Waals surface area contributed by atoms with Gasteiger partial charge < -0.3 is 15.2 Å². The molecule has 0 spiro atoms. The molecule has 134 valence electrons. The van der Waals surface area contributed by atoms with Gasteiger partial charge in [0.15, 0.2) is 5.82 Å². The van der Waals surface area contributed by atoms with Crippen LogP contribution in [0.4, 0.5) is 11.4 Å². The van der Waals surface area contributed by atoms with E-state index in [4.69, 9.17) is 4.52 Å². The summed E-state index contributed by atoms with van der Waals surface area (Å²) in [6.45, 7) is 4.03. The van der Waals surface area contributed by atoms with Crippen molar-refractivity contribution in [3.63, 3.8) is 0 Å². The third-order valence-electron chi connectivity index (χ3n) is 3.87. The fourth-order valence-electron chi connectivity index (χ4n) is 2.56. The number of nitrogens with zero attached hydrogens (tertiary/aromatic N) is 2. The van der Waals surface area contributed by atoms with Crippen molar-refractivity contribution in [2.45, 2.75) is 32.7 Å². The maximum absolute atomic E-state index is 12.3. The minimum absolute atomic E-state index is 0.131. The molecular formula is C20H22N4O2. The molecule has 0 aliphatic carbocycles. The van der Waals surface area contributed by atoms with Crippen LogP contribution in [0.25, 0.3) is 0 Å². The summed E-state index contributed by atoms with van der Waals surface area (Å²) < 4.78 is 5.31. The number of amides is 1. The van der Waals surface area contributed by atoms with Crippen LogP contribution in [0.2, 0.25) is 0 Å². The first kappa shape index (κ1) is 17.7. The van der Waals surface area contributed by atoms with Gasteiger partial charge in [-0.1, -0.05) is 36.3 Å². The second-order valence-corrected chi connectivity index (χ2v) is 6.07. The Labute approximate surface area is 152 Å². The summed E-state index contributed by atoms with van der Waals surface area (Å²) in [7, 11) is 0. The second kappa shape index (κ2) is 8.29. The number of hydrogen-bond acceptors (Lipinski definition) is 5. The minimum Gasteiger partial charge on any atom is -0.374 e. The Bertz CT molecular complexity index is 861. The van der Waals surface area contributed by atoms with Gasteiger partial charge in [0.05, 0.1) is 0 Å². The van der Waals surface area contributed by atoms with Crippen LogP contribution in [0.15, 0.2) is 59.1 Å². The average molecular weight is 350 g/mol. The smallest absolute Gasteiger partial charge is 0.255 e. The van der Waals surface area contributed by atoms with Crippen molar-refractivity contribution in [1.29, 1.82) is 0 Å². The van der Waals surface area contributed by atoms with Crippen molar-refractivity contribution in [3.8, 4) is 0 Å².